The van der Waals surface area contributed by atoms with E-state index in [0.717, 1.165) is 41.2 Å². The van der Waals surface area contributed by atoms with Crippen LogP contribution in [0.25, 0.3) is 0 Å². The number of rotatable bonds is 3. The number of benzene rings is 1. The van der Waals surface area contributed by atoms with Crippen LogP contribution in [0.15, 0.2) is 23.6 Å². The van der Waals surface area contributed by atoms with Gasteiger partial charge in [0.25, 0.3) is 0 Å². The number of aryl methyl sites for hydroxylation is 1. The summed E-state index contributed by atoms with van der Waals surface area (Å²) in [6.07, 6.45) is 2.60. The number of anilines is 1. The number of aromatic hydroxyl groups is 1. The van der Waals surface area contributed by atoms with E-state index < -0.39 is 0 Å². The molecule has 0 radical (unpaired) electrons. The van der Waals surface area contributed by atoms with Gasteiger partial charge < -0.3 is 5.11 Å². The summed E-state index contributed by atoms with van der Waals surface area (Å²) in [5.74, 6) is 0.214. The number of amides is 1. The fraction of sp³-hybridized carbons (Fsp3) is 0.412. The Bertz CT molecular complexity index is 696. The van der Waals surface area contributed by atoms with Gasteiger partial charge in [0.05, 0.1) is 11.6 Å². The van der Waals surface area contributed by atoms with Crippen molar-refractivity contribution in [3.8, 4) is 5.75 Å². The van der Waals surface area contributed by atoms with Gasteiger partial charge in [-0.2, -0.15) is 0 Å². The van der Waals surface area contributed by atoms with Gasteiger partial charge in [0, 0.05) is 11.9 Å². The lowest BCUT2D eigenvalue weighted by Gasteiger charge is -2.29. The fourth-order valence-corrected chi connectivity index (χ4v) is 4.00. The molecule has 1 heterocycles. The highest BCUT2D eigenvalue weighted by molar-refractivity contribution is 7.14. The highest BCUT2D eigenvalue weighted by Crippen LogP contribution is 2.38. The largest absolute Gasteiger partial charge is 0.508 e. The predicted octanol–water partition coefficient (Wildman–Crippen LogP) is 3.63. The van der Waals surface area contributed by atoms with E-state index in [-0.39, 0.29) is 11.8 Å². The lowest BCUT2D eigenvalue weighted by atomic mass is 9.81. The molecule has 3 rings (SSSR count). The molecule has 1 aromatic carbocycles. The normalized spacial score (nSPS) is 17.1. The Morgan fingerprint density at radius 2 is 2.32 bits per heavy atom. The smallest absolute Gasteiger partial charge is 0.236 e. The maximum Gasteiger partial charge on any atom is 0.236 e. The number of hydrogen-bond donors (Lipinski definition) is 1. The van der Waals surface area contributed by atoms with Crippen LogP contribution >= 0.6 is 11.3 Å². The first-order valence-electron chi connectivity index (χ1n) is 7.66. The van der Waals surface area contributed by atoms with Gasteiger partial charge in [0.2, 0.25) is 5.91 Å². The van der Waals surface area contributed by atoms with Gasteiger partial charge in [-0.15, -0.1) is 11.3 Å². The third-order valence-electron chi connectivity index (χ3n) is 4.20. The Balaban J connectivity index is 1.94. The van der Waals surface area contributed by atoms with Crippen molar-refractivity contribution in [3.05, 3.63) is 40.4 Å². The van der Waals surface area contributed by atoms with Gasteiger partial charge in [-0.25, -0.2) is 4.98 Å². The minimum atomic E-state index is -0.181. The van der Waals surface area contributed by atoms with Crippen LogP contribution in [0.3, 0.4) is 0 Å². The number of hydrogen-bond acceptors (Lipinski definition) is 4. The zero-order chi connectivity index (χ0) is 15.7. The first kappa shape index (κ1) is 15.0. The molecule has 0 saturated carbocycles. The van der Waals surface area contributed by atoms with E-state index in [9.17, 15) is 9.90 Å². The molecule has 4 nitrogen and oxygen atoms in total. The van der Waals surface area contributed by atoms with Gasteiger partial charge in [0.1, 0.15) is 5.75 Å². The molecular formula is C17H20N2O2S. The first-order chi connectivity index (χ1) is 10.6. The van der Waals surface area contributed by atoms with Crippen molar-refractivity contribution in [2.45, 2.75) is 39.0 Å². The molecule has 1 amide bonds. The molecule has 2 aromatic rings. The average Bonchev–Trinajstić information content (AvgIpc) is 2.94. The summed E-state index contributed by atoms with van der Waals surface area (Å²) in [5.41, 5.74) is 2.84. The highest BCUT2D eigenvalue weighted by atomic mass is 32.1. The predicted molar refractivity (Wildman–Crippen MR) is 88.7 cm³/mol. The zero-order valence-corrected chi connectivity index (χ0v) is 13.7. The van der Waals surface area contributed by atoms with Crippen LogP contribution in [0.5, 0.6) is 5.75 Å². The van der Waals surface area contributed by atoms with Crippen LogP contribution in [-0.2, 0) is 11.2 Å². The Morgan fingerprint density at radius 3 is 3.00 bits per heavy atom. The number of fused-ring (bicyclic) bond motifs is 1. The fourth-order valence-electron chi connectivity index (χ4n) is 3.12. The van der Waals surface area contributed by atoms with Crippen molar-refractivity contribution < 1.29 is 9.90 Å². The molecule has 1 aliphatic carbocycles. The summed E-state index contributed by atoms with van der Waals surface area (Å²) in [4.78, 5) is 19.2. The standard InChI is InChI=1S/C17H20N2O2S/c1-3-19(17-18-11(2)10-22-17)16(21)14-8-4-7-13-12(14)6-5-9-15(13)20/h5-6,9-10,14,20H,3-4,7-8H2,1-2H3. The number of aromatic nitrogens is 1. The molecule has 116 valence electrons. The Kier molecular flexibility index (Phi) is 4.16. The van der Waals surface area contributed by atoms with Gasteiger partial charge in [0.15, 0.2) is 5.13 Å². The molecule has 0 saturated heterocycles. The monoisotopic (exact) mass is 316 g/mol. The molecule has 0 spiro atoms. The molecule has 1 atom stereocenters. The first-order valence-corrected chi connectivity index (χ1v) is 8.54. The quantitative estimate of drug-likeness (QED) is 0.941. The van der Waals surface area contributed by atoms with Crippen molar-refractivity contribution >= 4 is 22.4 Å². The van der Waals surface area contributed by atoms with E-state index in [1.165, 1.54) is 11.3 Å². The third-order valence-corrected chi connectivity index (χ3v) is 5.18. The summed E-state index contributed by atoms with van der Waals surface area (Å²) < 4.78 is 0. The molecule has 1 N–H and O–H groups in total. The summed E-state index contributed by atoms with van der Waals surface area (Å²) in [5, 5.41) is 12.8. The van der Waals surface area contributed by atoms with Crippen LogP contribution in [0.4, 0.5) is 5.13 Å². The Morgan fingerprint density at radius 1 is 1.50 bits per heavy atom. The van der Waals surface area contributed by atoms with E-state index in [2.05, 4.69) is 4.98 Å². The topological polar surface area (TPSA) is 53.4 Å². The number of carbonyl (C=O) groups is 1. The Hall–Kier alpha value is -1.88. The van der Waals surface area contributed by atoms with Crippen molar-refractivity contribution in [1.29, 1.82) is 0 Å². The summed E-state index contributed by atoms with van der Waals surface area (Å²) in [6.45, 7) is 4.52. The van der Waals surface area contributed by atoms with Crippen LogP contribution < -0.4 is 4.90 Å². The van der Waals surface area contributed by atoms with Crippen molar-refractivity contribution in [1.82, 2.24) is 4.98 Å². The molecule has 0 fully saturated rings. The van der Waals surface area contributed by atoms with E-state index in [1.807, 2.05) is 31.4 Å². The summed E-state index contributed by atoms with van der Waals surface area (Å²) in [6, 6.07) is 5.49. The van der Waals surface area contributed by atoms with Crippen LogP contribution in [-0.4, -0.2) is 22.5 Å². The third kappa shape index (κ3) is 2.61. The lowest BCUT2D eigenvalue weighted by Crippen LogP contribution is -2.36. The number of phenols is 1. The van der Waals surface area contributed by atoms with Gasteiger partial charge in [-0.3, -0.25) is 9.69 Å². The van der Waals surface area contributed by atoms with Crippen LogP contribution in [0, 0.1) is 6.92 Å². The van der Waals surface area contributed by atoms with Crippen LogP contribution in [0.1, 0.15) is 42.5 Å². The average molecular weight is 316 g/mol. The highest BCUT2D eigenvalue weighted by Gasteiger charge is 2.32. The van der Waals surface area contributed by atoms with E-state index in [1.54, 1.807) is 11.0 Å². The van der Waals surface area contributed by atoms with Crippen LogP contribution in [0.2, 0.25) is 0 Å². The summed E-state index contributed by atoms with van der Waals surface area (Å²) >= 11 is 1.50. The minimum absolute atomic E-state index is 0.0865. The number of thiazole rings is 1. The van der Waals surface area contributed by atoms with E-state index in [0.29, 0.717) is 12.3 Å². The van der Waals surface area contributed by atoms with Crippen molar-refractivity contribution in [2.24, 2.45) is 0 Å². The van der Waals surface area contributed by atoms with Gasteiger partial charge in [-0.1, -0.05) is 12.1 Å². The number of phenolic OH excluding ortho intramolecular Hbond substituents is 1. The van der Waals surface area contributed by atoms with Crippen molar-refractivity contribution in [3.63, 3.8) is 0 Å². The van der Waals surface area contributed by atoms with Gasteiger partial charge in [-0.05, 0) is 50.3 Å². The molecule has 1 aliphatic rings. The molecule has 1 aromatic heterocycles. The number of likely N-dealkylation sites (N-methyl/N-ethyl adjacent to an activating group) is 1. The van der Waals surface area contributed by atoms with E-state index >= 15 is 0 Å². The molecule has 0 aliphatic heterocycles. The van der Waals surface area contributed by atoms with Gasteiger partial charge >= 0.3 is 0 Å². The second-order valence-electron chi connectivity index (χ2n) is 5.64. The SMILES string of the molecule is CCN(C(=O)C1CCCc2c(O)cccc21)c1nc(C)cs1. The second kappa shape index (κ2) is 6.08. The van der Waals surface area contributed by atoms with Crippen molar-refractivity contribution in [2.75, 3.05) is 11.4 Å². The molecule has 5 heteroatoms. The lowest BCUT2D eigenvalue weighted by molar-refractivity contribution is -0.120. The number of nitrogens with zero attached hydrogens (tertiary/aromatic N) is 2. The molecular weight excluding hydrogens is 296 g/mol. The maximum atomic E-state index is 13.0. The summed E-state index contributed by atoms with van der Waals surface area (Å²) in [7, 11) is 0. The Labute approximate surface area is 134 Å². The molecule has 0 bridgehead atoms. The zero-order valence-electron chi connectivity index (χ0n) is 12.9. The molecule has 22 heavy (non-hydrogen) atoms. The maximum absolute atomic E-state index is 13.0. The van der Waals surface area contributed by atoms with E-state index in [4.69, 9.17) is 0 Å². The second-order valence-corrected chi connectivity index (χ2v) is 6.48. The molecule has 1 unspecified atom stereocenters. The number of carbonyl (C=O) groups excluding carboxylic acids is 1. The minimum Gasteiger partial charge on any atom is -0.508 e.